The predicted octanol–water partition coefficient (Wildman–Crippen LogP) is 3.29. The Morgan fingerprint density at radius 2 is 1.90 bits per heavy atom. The molecular weight excluding hydrogens is 504 g/mol. The summed E-state index contributed by atoms with van der Waals surface area (Å²) in [7, 11) is 1.81. The van der Waals surface area contributed by atoms with E-state index in [0.717, 1.165) is 35.2 Å². The molecule has 2 atom stereocenters. The molecule has 1 aliphatic heterocycles. The number of aliphatic hydroxyl groups is 1. The lowest BCUT2D eigenvalue weighted by atomic mass is 9.90. The average Bonchev–Trinajstić information content (AvgIpc) is 3.50. The SMILES string of the molecule is CC(CC(=O)N1CCC(O)(Cn2cnc3c(-c4ccc5c(c4)C(N)CC5)n(C)nc3c2=O)CC1)c1ccccc1. The molecule has 2 unspecified atom stereocenters. The van der Waals surface area contributed by atoms with Gasteiger partial charge in [-0.1, -0.05) is 49.4 Å². The van der Waals surface area contributed by atoms with Gasteiger partial charge in [0.25, 0.3) is 5.56 Å². The van der Waals surface area contributed by atoms with Crippen LogP contribution >= 0.6 is 0 Å². The molecule has 4 aromatic rings. The van der Waals surface area contributed by atoms with Crippen LogP contribution in [0, 0.1) is 0 Å². The standard InChI is InChI=1S/C31H36N6O3/c1-20(21-6-4-3-5-7-21)16-26(38)36-14-12-31(40,13-15-36)18-37-19-33-27-28(30(37)39)34-35(2)29(27)23-9-8-22-10-11-25(32)24(22)17-23/h3-9,17,19-20,25,40H,10-16,18,32H2,1-2H3. The van der Waals surface area contributed by atoms with Gasteiger partial charge in [-0.05, 0) is 54.4 Å². The highest BCUT2D eigenvalue weighted by Gasteiger charge is 2.35. The van der Waals surface area contributed by atoms with Crippen LogP contribution in [0.15, 0.2) is 59.7 Å². The van der Waals surface area contributed by atoms with E-state index < -0.39 is 5.60 Å². The molecule has 3 N–H and O–H groups in total. The normalized spacial score (nSPS) is 19.1. The van der Waals surface area contributed by atoms with Gasteiger partial charge in [0, 0.05) is 38.2 Å². The molecule has 9 nitrogen and oxygen atoms in total. The number of aryl methyl sites for hydroxylation is 2. The molecule has 2 aromatic heterocycles. The molecule has 208 valence electrons. The summed E-state index contributed by atoms with van der Waals surface area (Å²) in [6.45, 7) is 3.08. The highest BCUT2D eigenvalue weighted by Crippen LogP contribution is 2.34. The van der Waals surface area contributed by atoms with Crippen molar-refractivity contribution < 1.29 is 9.90 Å². The maximum atomic E-state index is 13.5. The monoisotopic (exact) mass is 540 g/mol. The van der Waals surface area contributed by atoms with Gasteiger partial charge in [-0.3, -0.25) is 18.8 Å². The minimum absolute atomic E-state index is 0.0225. The zero-order valence-electron chi connectivity index (χ0n) is 23.1. The molecule has 1 aliphatic carbocycles. The molecule has 1 amide bonds. The fourth-order valence-electron chi connectivity index (χ4n) is 6.25. The van der Waals surface area contributed by atoms with Crippen molar-refractivity contribution in [2.75, 3.05) is 13.1 Å². The van der Waals surface area contributed by atoms with Gasteiger partial charge in [0.05, 0.1) is 24.2 Å². The molecule has 0 saturated carbocycles. The molecule has 40 heavy (non-hydrogen) atoms. The third kappa shape index (κ3) is 4.84. The smallest absolute Gasteiger partial charge is 0.281 e. The lowest BCUT2D eigenvalue weighted by molar-refractivity contribution is -0.136. The maximum Gasteiger partial charge on any atom is 0.281 e. The van der Waals surface area contributed by atoms with Crippen LogP contribution in [0.25, 0.3) is 22.3 Å². The summed E-state index contributed by atoms with van der Waals surface area (Å²) in [4.78, 5) is 32.9. The number of amides is 1. The van der Waals surface area contributed by atoms with Gasteiger partial charge in [0.2, 0.25) is 5.91 Å². The van der Waals surface area contributed by atoms with Gasteiger partial charge in [0.1, 0.15) is 5.52 Å². The van der Waals surface area contributed by atoms with Crippen LogP contribution in [0.5, 0.6) is 0 Å². The average molecular weight is 541 g/mol. The first kappa shape index (κ1) is 26.4. The van der Waals surface area contributed by atoms with Crippen molar-refractivity contribution >= 4 is 16.9 Å². The van der Waals surface area contributed by atoms with Crippen LogP contribution in [0.2, 0.25) is 0 Å². The zero-order valence-corrected chi connectivity index (χ0v) is 23.1. The summed E-state index contributed by atoms with van der Waals surface area (Å²) in [5.74, 6) is 0.217. The Hall–Kier alpha value is -3.82. The van der Waals surface area contributed by atoms with Gasteiger partial charge < -0.3 is 15.7 Å². The maximum absolute atomic E-state index is 13.5. The number of piperidine rings is 1. The van der Waals surface area contributed by atoms with Crippen molar-refractivity contribution in [3.05, 3.63) is 81.9 Å². The van der Waals surface area contributed by atoms with Crippen molar-refractivity contribution in [1.82, 2.24) is 24.2 Å². The first-order valence-corrected chi connectivity index (χ1v) is 14.1. The van der Waals surface area contributed by atoms with E-state index in [1.165, 1.54) is 16.5 Å². The van der Waals surface area contributed by atoms with Crippen molar-refractivity contribution in [1.29, 1.82) is 0 Å². The number of fused-ring (bicyclic) bond motifs is 2. The van der Waals surface area contributed by atoms with E-state index in [1.807, 2.05) is 48.3 Å². The first-order chi connectivity index (χ1) is 19.2. The molecule has 1 fully saturated rings. The Labute approximate surface area is 233 Å². The van der Waals surface area contributed by atoms with E-state index in [4.69, 9.17) is 5.73 Å². The number of carbonyl (C=O) groups is 1. The Kier molecular flexibility index (Phi) is 6.80. The van der Waals surface area contributed by atoms with E-state index in [0.29, 0.717) is 37.9 Å². The molecule has 3 heterocycles. The van der Waals surface area contributed by atoms with Gasteiger partial charge in [-0.2, -0.15) is 5.10 Å². The molecule has 1 saturated heterocycles. The lowest BCUT2D eigenvalue weighted by Gasteiger charge is -2.38. The molecule has 0 radical (unpaired) electrons. The molecule has 0 spiro atoms. The molecule has 0 bridgehead atoms. The highest BCUT2D eigenvalue weighted by molar-refractivity contribution is 5.89. The fourth-order valence-corrected chi connectivity index (χ4v) is 6.25. The Bertz CT molecular complexity index is 1620. The van der Waals surface area contributed by atoms with Crippen LogP contribution in [-0.4, -0.2) is 53.9 Å². The summed E-state index contributed by atoms with van der Waals surface area (Å²) >= 11 is 0. The number of rotatable bonds is 6. The summed E-state index contributed by atoms with van der Waals surface area (Å²) in [6, 6.07) is 16.3. The van der Waals surface area contributed by atoms with E-state index in [9.17, 15) is 14.7 Å². The topological polar surface area (TPSA) is 119 Å². The van der Waals surface area contributed by atoms with Crippen molar-refractivity contribution in [2.45, 2.75) is 63.1 Å². The van der Waals surface area contributed by atoms with Gasteiger partial charge in [-0.25, -0.2) is 4.98 Å². The molecular formula is C31H36N6O3. The van der Waals surface area contributed by atoms with Crippen LogP contribution in [0.3, 0.4) is 0 Å². The van der Waals surface area contributed by atoms with Gasteiger partial charge in [0.15, 0.2) is 5.52 Å². The summed E-state index contributed by atoms with van der Waals surface area (Å²) in [6.07, 6.45) is 4.65. The zero-order chi connectivity index (χ0) is 28.0. The van der Waals surface area contributed by atoms with Crippen LogP contribution in [-0.2, 0) is 24.8 Å². The second-order valence-electron chi connectivity index (χ2n) is 11.5. The van der Waals surface area contributed by atoms with E-state index in [-0.39, 0.29) is 35.5 Å². The van der Waals surface area contributed by atoms with E-state index >= 15 is 0 Å². The number of likely N-dealkylation sites (tertiary alicyclic amines) is 1. The Balaban J connectivity index is 1.16. The van der Waals surface area contributed by atoms with Crippen LogP contribution in [0.1, 0.15) is 61.3 Å². The number of benzene rings is 2. The third-order valence-corrected chi connectivity index (χ3v) is 8.72. The predicted molar refractivity (Wildman–Crippen MR) is 154 cm³/mol. The molecule has 2 aromatic carbocycles. The van der Waals surface area contributed by atoms with E-state index in [2.05, 4.69) is 29.1 Å². The summed E-state index contributed by atoms with van der Waals surface area (Å²) < 4.78 is 3.15. The van der Waals surface area contributed by atoms with Crippen molar-refractivity contribution in [3.8, 4) is 11.3 Å². The number of carbonyl (C=O) groups excluding carboxylic acids is 1. The molecule has 2 aliphatic rings. The quantitative estimate of drug-likeness (QED) is 0.387. The summed E-state index contributed by atoms with van der Waals surface area (Å²) in [5.41, 5.74) is 11.0. The van der Waals surface area contributed by atoms with E-state index in [1.54, 1.807) is 4.68 Å². The number of nitrogens with two attached hydrogens (primary N) is 1. The first-order valence-electron chi connectivity index (χ1n) is 14.1. The minimum Gasteiger partial charge on any atom is -0.388 e. The Morgan fingerprint density at radius 3 is 2.65 bits per heavy atom. The lowest BCUT2D eigenvalue weighted by Crippen LogP contribution is -2.49. The Morgan fingerprint density at radius 1 is 1.15 bits per heavy atom. The number of nitrogens with zero attached hydrogens (tertiary/aromatic N) is 5. The highest BCUT2D eigenvalue weighted by atomic mass is 16.3. The number of hydrogen-bond donors (Lipinski definition) is 2. The third-order valence-electron chi connectivity index (χ3n) is 8.72. The molecule has 9 heteroatoms. The second kappa shape index (κ2) is 10.3. The molecule has 6 rings (SSSR count). The van der Waals surface area contributed by atoms with Gasteiger partial charge >= 0.3 is 0 Å². The van der Waals surface area contributed by atoms with Crippen LogP contribution < -0.4 is 11.3 Å². The van der Waals surface area contributed by atoms with Crippen LogP contribution in [0.4, 0.5) is 0 Å². The van der Waals surface area contributed by atoms with Gasteiger partial charge in [-0.15, -0.1) is 0 Å². The number of hydrogen-bond acceptors (Lipinski definition) is 6. The van der Waals surface area contributed by atoms with Crippen molar-refractivity contribution in [2.24, 2.45) is 12.8 Å². The second-order valence-corrected chi connectivity index (χ2v) is 11.5. The summed E-state index contributed by atoms with van der Waals surface area (Å²) in [5, 5.41) is 15.9. The fraction of sp³-hybridized carbons (Fsp3) is 0.419. The number of aromatic nitrogens is 4. The minimum atomic E-state index is -1.10. The largest absolute Gasteiger partial charge is 0.388 e. The van der Waals surface area contributed by atoms with Crippen molar-refractivity contribution in [3.63, 3.8) is 0 Å².